The van der Waals surface area contributed by atoms with Crippen LogP contribution >= 0.6 is 46.6 Å². The van der Waals surface area contributed by atoms with Crippen molar-refractivity contribution >= 4 is 74.5 Å². The highest BCUT2D eigenvalue weighted by Crippen LogP contribution is 2.32. The molecule has 0 radical (unpaired) electrons. The first-order valence-electron chi connectivity index (χ1n) is 9.80. The molecule has 4 nitrogen and oxygen atoms in total. The van der Waals surface area contributed by atoms with E-state index < -0.39 is 0 Å². The second kappa shape index (κ2) is 11.1. The van der Waals surface area contributed by atoms with Gasteiger partial charge in [-0.25, -0.2) is 0 Å². The Bertz CT molecular complexity index is 956. The maximum atomic E-state index is 12.7. The van der Waals surface area contributed by atoms with E-state index in [-0.39, 0.29) is 11.8 Å². The summed E-state index contributed by atoms with van der Waals surface area (Å²) in [5.74, 6) is -0.00937. The number of thioether (sulfide) groups is 1. The molecule has 156 valence electrons. The van der Waals surface area contributed by atoms with Gasteiger partial charge in [-0.2, -0.15) is 0 Å². The summed E-state index contributed by atoms with van der Waals surface area (Å²) in [5, 5.41) is 2.91. The molecule has 2 aromatic carbocycles. The molecule has 1 aliphatic rings. The Balaban J connectivity index is 1.40. The number of halogens is 1. The van der Waals surface area contributed by atoms with Crippen molar-refractivity contribution in [1.82, 2.24) is 4.90 Å². The fourth-order valence-electron chi connectivity index (χ4n) is 3.00. The van der Waals surface area contributed by atoms with Crippen LogP contribution in [0.15, 0.2) is 53.4 Å². The third-order valence-electron chi connectivity index (χ3n) is 4.66. The summed E-state index contributed by atoms with van der Waals surface area (Å²) < 4.78 is 1.74. The second-order valence-corrected chi connectivity index (χ2v) is 10.0. The van der Waals surface area contributed by atoms with Crippen LogP contribution in [-0.2, 0) is 9.59 Å². The van der Waals surface area contributed by atoms with E-state index in [4.69, 9.17) is 12.2 Å². The van der Waals surface area contributed by atoms with Crippen LogP contribution in [0.4, 0.5) is 5.69 Å². The zero-order valence-electron chi connectivity index (χ0n) is 16.7. The number of hydrogen-bond donors (Lipinski definition) is 1. The Morgan fingerprint density at radius 3 is 2.50 bits per heavy atom. The summed E-state index contributed by atoms with van der Waals surface area (Å²) in [5.41, 5.74) is 3.01. The molecule has 0 spiro atoms. The minimum Gasteiger partial charge on any atom is -0.326 e. The molecule has 0 atom stereocenters. The predicted molar refractivity (Wildman–Crippen MR) is 137 cm³/mol. The Kier molecular flexibility index (Phi) is 8.47. The van der Waals surface area contributed by atoms with E-state index in [0.29, 0.717) is 22.2 Å². The van der Waals surface area contributed by atoms with Crippen LogP contribution in [0.5, 0.6) is 0 Å². The third-order valence-corrected chi connectivity index (χ3v) is 6.76. The molecule has 0 aromatic heterocycles. The first kappa shape index (κ1) is 23.0. The summed E-state index contributed by atoms with van der Waals surface area (Å²) in [7, 11) is 0. The Labute approximate surface area is 200 Å². The van der Waals surface area contributed by atoms with E-state index in [1.165, 1.54) is 17.3 Å². The fraction of sp³-hybridized carbons (Fsp3) is 0.261. The van der Waals surface area contributed by atoms with Gasteiger partial charge in [-0.15, -0.1) is 0 Å². The summed E-state index contributed by atoms with van der Waals surface area (Å²) in [4.78, 5) is 27.1. The largest absolute Gasteiger partial charge is 0.326 e. The molecule has 1 saturated heterocycles. The van der Waals surface area contributed by atoms with Gasteiger partial charge in [0.05, 0.1) is 4.91 Å². The quantitative estimate of drug-likeness (QED) is 0.190. The van der Waals surface area contributed by atoms with E-state index in [1.807, 2.05) is 61.5 Å². The van der Waals surface area contributed by atoms with Crippen molar-refractivity contribution in [3.63, 3.8) is 0 Å². The maximum absolute atomic E-state index is 12.7. The van der Waals surface area contributed by atoms with Crippen LogP contribution in [0.25, 0.3) is 6.08 Å². The van der Waals surface area contributed by atoms with Gasteiger partial charge in [0.1, 0.15) is 4.32 Å². The van der Waals surface area contributed by atoms with Crippen molar-refractivity contribution in [3.8, 4) is 0 Å². The molecule has 7 heteroatoms. The van der Waals surface area contributed by atoms with Gasteiger partial charge in [-0.05, 0) is 78.3 Å². The Morgan fingerprint density at radius 2 is 1.80 bits per heavy atom. The number of anilines is 1. The molecule has 2 amide bonds. The van der Waals surface area contributed by atoms with Gasteiger partial charge in [-0.3, -0.25) is 14.5 Å². The van der Waals surface area contributed by atoms with Crippen molar-refractivity contribution in [2.45, 2.75) is 32.6 Å². The van der Waals surface area contributed by atoms with Crippen LogP contribution in [0.3, 0.4) is 0 Å². The van der Waals surface area contributed by atoms with Gasteiger partial charge in [0.15, 0.2) is 0 Å². The van der Waals surface area contributed by atoms with Crippen molar-refractivity contribution in [2.75, 3.05) is 11.9 Å². The van der Waals surface area contributed by atoms with Gasteiger partial charge in [0.2, 0.25) is 5.91 Å². The number of benzene rings is 2. The lowest BCUT2D eigenvalue weighted by Crippen LogP contribution is -2.29. The summed E-state index contributed by atoms with van der Waals surface area (Å²) in [6.45, 7) is 2.63. The molecule has 0 aliphatic carbocycles. The monoisotopic (exact) mass is 550 g/mol. The highest BCUT2D eigenvalue weighted by atomic mass is 127. The van der Waals surface area contributed by atoms with Crippen LogP contribution in [0, 0.1) is 10.5 Å². The number of thiocarbonyl (C=S) groups is 1. The van der Waals surface area contributed by atoms with Crippen molar-refractivity contribution in [2.24, 2.45) is 0 Å². The highest BCUT2D eigenvalue weighted by Gasteiger charge is 2.31. The second-order valence-electron chi connectivity index (χ2n) is 7.11. The average Bonchev–Trinajstić information content (AvgIpc) is 2.98. The number of amides is 2. The molecule has 1 heterocycles. The predicted octanol–water partition coefficient (Wildman–Crippen LogP) is 6.00. The van der Waals surface area contributed by atoms with Crippen molar-refractivity contribution in [1.29, 1.82) is 0 Å². The van der Waals surface area contributed by atoms with E-state index in [2.05, 4.69) is 27.9 Å². The maximum Gasteiger partial charge on any atom is 0.266 e. The molecule has 0 saturated carbocycles. The summed E-state index contributed by atoms with van der Waals surface area (Å²) >= 11 is 8.99. The normalized spacial score (nSPS) is 15.1. The molecule has 1 aliphatic heterocycles. The molecule has 3 rings (SSSR count). The zero-order chi connectivity index (χ0) is 21.5. The topological polar surface area (TPSA) is 49.4 Å². The van der Waals surface area contributed by atoms with Crippen molar-refractivity contribution in [3.05, 3.63) is 68.1 Å². The van der Waals surface area contributed by atoms with E-state index in [9.17, 15) is 9.59 Å². The first-order chi connectivity index (χ1) is 14.4. The summed E-state index contributed by atoms with van der Waals surface area (Å²) in [6, 6.07) is 15.8. The van der Waals surface area contributed by atoms with Gasteiger partial charge in [0, 0.05) is 22.2 Å². The fourth-order valence-corrected chi connectivity index (χ4v) is 4.66. The lowest BCUT2D eigenvalue weighted by atomic mass is 10.1. The molecule has 30 heavy (non-hydrogen) atoms. The van der Waals surface area contributed by atoms with Gasteiger partial charge in [0.25, 0.3) is 5.91 Å². The first-order valence-corrected chi connectivity index (χ1v) is 12.1. The number of unbranched alkanes of at least 4 members (excludes halogenated alkanes) is 2. The van der Waals surface area contributed by atoms with Crippen LogP contribution in [0.1, 0.15) is 36.8 Å². The van der Waals surface area contributed by atoms with Gasteiger partial charge in [-0.1, -0.05) is 60.2 Å². The van der Waals surface area contributed by atoms with Crippen molar-refractivity contribution < 1.29 is 9.59 Å². The van der Waals surface area contributed by atoms with Crippen LogP contribution < -0.4 is 5.32 Å². The van der Waals surface area contributed by atoms with Gasteiger partial charge >= 0.3 is 0 Å². The molecule has 1 fully saturated rings. The average molecular weight is 550 g/mol. The Hall–Kier alpha value is -1.71. The molecular formula is C23H23IN2O2S2. The lowest BCUT2D eigenvalue weighted by molar-refractivity contribution is -0.122. The molecule has 0 unspecified atom stereocenters. The lowest BCUT2D eigenvalue weighted by Gasteiger charge is -2.14. The Morgan fingerprint density at radius 1 is 1.10 bits per heavy atom. The molecule has 2 aromatic rings. The smallest absolute Gasteiger partial charge is 0.266 e. The number of nitrogens with one attached hydrogen (secondary N) is 1. The number of rotatable bonds is 8. The van der Waals surface area contributed by atoms with E-state index in [0.717, 1.165) is 34.1 Å². The standard InChI is InChI=1S/C23H23IN2O2S2/c1-16-6-8-17(9-7-16)15-20-22(28)26(23(29)30-20)14-4-2-3-5-21(27)25-19-12-10-18(24)11-13-19/h6-13,15H,2-5,14H2,1H3,(H,25,27)/b20-15-. The van der Waals surface area contributed by atoms with Crippen LogP contribution in [0.2, 0.25) is 0 Å². The number of hydrogen-bond acceptors (Lipinski definition) is 4. The number of aryl methyl sites for hydroxylation is 1. The number of nitrogens with zero attached hydrogens (tertiary/aromatic N) is 1. The number of carbonyl (C=O) groups excluding carboxylic acids is 2. The molecule has 1 N–H and O–H groups in total. The van der Waals surface area contributed by atoms with Crippen LogP contribution in [-0.4, -0.2) is 27.6 Å². The molecule has 0 bridgehead atoms. The minimum absolute atomic E-state index is 0.0165. The zero-order valence-corrected chi connectivity index (χ0v) is 20.5. The van der Waals surface area contributed by atoms with E-state index >= 15 is 0 Å². The molecular weight excluding hydrogens is 527 g/mol. The van der Waals surface area contributed by atoms with Gasteiger partial charge < -0.3 is 5.32 Å². The van der Waals surface area contributed by atoms with E-state index in [1.54, 1.807) is 4.90 Å². The third kappa shape index (κ3) is 6.65. The minimum atomic E-state index is -0.0259. The number of carbonyl (C=O) groups is 2. The highest BCUT2D eigenvalue weighted by molar-refractivity contribution is 14.1. The summed E-state index contributed by atoms with van der Waals surface area (Å²) in [6.07, 6.45) is 4.84. The SMILES string of the molecule is Cc1ccc(/C=C2\SC(=S)N(CCCCCC(=O)Nc3ccc(I)cc3)C2=O)cc1.